The minimum absolute atomic E-state index is 0.709. The van der Waals surface area contributed by atoms with Crippen molar-refractivity contribution in [1.82, 2.24) is 0 Å². The molecular formula is C12H22O. The zero-order valence-electron chi connectivity index (χ0n) is 9.18. The van der Waals surface area contributed by atoms with E-state index in [0.29, 0.717) is 5.92 Å². The summed E-state index contributed by atoms with van der Waals surface area (Å²) in [5.41, 5.74) is 0. The topological polar surface area (TPSA) is 9.23 Å². The Bertz CT molecular complexity index is 164. The van der Waals surface area contributed by atoms with Crippen LogP contribution in [0.2, 0.25) is 0 Å². The normalized spacial score (nSPS) is 30.2. The summed E-state index contributed by atoms with van der Waals surface area (Å²) in [6, 6.07) is 0. The van der Waals surface area contributed by atoms with Crippen LogP contribution in [0.5, 0.6) is 0 Å². The van der Waals surface area contributed by atoms with Crippen LogP contribution in [0, 0.1) is 11.8 Å². The summed E-state index contributed by atoms with van der Waals surface area (Å²) in [7, 11) is 1.81. The fraction of sp³-hybridized carbons (Fsp3) is 0.833. The van der Waals surface area contributed by atoms with Crippen molar-refractivity contribution in [2.45, 2.75) is 46.0 Å². The quantitative estimate of drug-likeness (QED) is 0.604. The minimum Gasteiger partial charge on any atom is -0.501 e. The molecule has 0 unspecified atom stereocenters. The molecule has 1 aliphatic carbocycles. The van der Waals surface area contributed by atoms with Crippen molar-refractivity contribution < 1.29 is 4.74 Å². The van der Waals surface area contributed by atoms with E-state index in [4.69, 9.17) is 4.74 Å². The molecule has 1 rings (SSSR count). The highest BCUT2D eigenvalue weighted by Gasteiger charge is 2.21. The lowest BCUT2D eigenvalue weighted by molar-refractivity contribution is 0.196. The van der Waals surface area contributed by atoms with Crippen LogP contribution in [-0.4, -0.2) is 7.11 Å². The van der Waals surface area contributed by atoms with Gasteiger partial charge in [0.2, 0.25) is 0 Å². The van der Waals surface area contributed by atoms with Gasteiger partial charge in [-0.05, 0) is 31.3 Å². The Morgan fingerprint density at radius 1 is 1.31 bits per heavy atom. The van der Waals surface area contributed by atoms with E-state index in [2.05, 4.69) is 19.9 Å². The molecule has 0 amide bonds. The monoisotopic (exact) mass is 182 g/mol. The first kappa shape index (κ1) is 10.6. The van der Waals surface area contributed by atoms with Crippen LogP contribution >= 0.6 is 0 Å². The Labute approximate surface area is 82.2 Å². The van der Waals surface area contributed by atoms with Gasteiger partial charge in [-0.25, -0.2) is 0 Å². The van der Waals surface area contributed by atoms with Crippen molar-refractivity contribution in [3.05, 3.63) is 11.8 Å². The van der Waals surface area contributed by atoms with Crippen molar-refractivity contribution in [3.63, 3.8) is 0 Å². The Balaban J connectivity index is 2.46. The lowest BCUT2D eigenvalue weighted by atomic mass is 9.82. The molecule has 76 valence electrons. The maximum absolute atomic E-state index is 5.43. The van der Waals surface area contributed by atoms with E-state index in [1.54, 1.807) is 7.11 Å². The highest BCUT2D eigenvalue weighted by molar-refractivity contribution is 4.99. The largest absolute Gasteiger partial charge is 0.501 e. The van der Waals surface area contributed by atoms with Crippen LogP contribution in [-0.2, 0) is 4.74 Å². The molecule has 0 aromatic carbocycles. The Kier molecular flexibility index (Phi) is 4.34. The van der Waals surface area contributed by atoms with Crippen molar-refractivity contribution in [2.24, 2.45) is 11.8 Å². The summed E-state index contributed by atoms with van der Waals surface area (Å²) in [6.07, 6.45) is 8.71. The third-order valence-corrected chi connectivity index (χ3v) is 3.06. The second-order valence-corrected chi connectivity index (χ2v) is 4.18. The van der Waals surface area contributed by atoms with Crippen molar-refractivity contribution >= 4 is 0 Å². The number of hydrogen-bond donors (Lipinski definition) is 0. The first-order valence-electron chi connectivity index (χ1n) is 5.52. The average Bonchev–Trinajstić information content (AvgIpc) is 2.16. The van der Waals surface area contributed by atoms with Crippen LogP contribution < -0.4 is 0 Å². The van der Waals surface area contributed by atoms with Crippen molar-refractivity contribution in [3.8, 4) is 0 Å². The molecule has 13 heavy (non-hydrogen) atoms. The predicted molar refractivity (Wildman–Crippen MR) is 56.5 cm³/mol. The van der Waals surface area contributed by atoms with Gasteiger partial charge in [0.15, 0.2) is 0 Å². The Morgan fingerprint density at radius 3 is 2.38 bits per heavy atom. The molecule has 0 radical (unpaired) electrons. The molecule has 0 aliphatic heterocycles. The van der Waals surface area contributed by atoms with E-state index in [9.17, 15) is 0 Å². The molecule has 0 aromatic heterocycles. The number of allylic oxidation sites excluding steroid dienone is 2. The van der Waals surface area contributed by atoms with Crippen LogP contribution in [0.3, 0.4) is 0 Å². The van der Waals surface area contributed by atoms with Gasteiger partial charge in [0, 0.05) is 5.92 Å². The van der Waals surface area contributed by atoms with Gasteiger partial charge in [-0.1, -0.05) is 26.7 Å². The number of hydrogen-bond acceptors (Lipinski definition) is 1. The molecule has 0 saturated heterocycles. The van der Waals surface area contributed by atoms with Gasteiger partial charge in [-0.3, -0.25) is 0 Å². The van der Waals surface area contributed by atoms with E-state index in [1.165, 1.54) is 31.4 Å². The molecule has 1 nitrogen and oxygen atoms in total. The summed E-state index contributed by atoms with van der Waals surface area (Å²) in [5, 5.41) is 0. The maximum atomic E-state index is 5.43. The van der Waals surface area contributed by atoms with Gasteiger partial charge in [0.1, 0.15) is 0 Å². The Hall–Kier alpha value is -0.460. The average molecular weight is 182 g/mol. The Morgan fingerprint density at radius 2 is 1.92 bits per heavy atom. The standard InChI is InChI=1S/C12H22O/c1-4-5-12(13-3)11-8-6-10(2)7-9-11/h5,10-11H,4,6-9H2,1-3H3/b12-5-. The van der Waals surface area contributed by atoms with Crippen molar-refractivity contribution in [2.75, 3.05) is 7.11 Å². The third-order valence-electron chi connectivity index (χ3n) is 3.06. The molecule has 1 aliphatic rings. The van der Waals surface area contributed by atoms with E-state index in [-0.39, 0.29) is 0 Å². The number of methoxy groups -OCH3 is 1. The molecule has 0 heterocycles. The zero-order valence-corrected chi connectivity index (χ0v) is 9.18. The van der Waals surface area contributed by atoms with E-state index < -0.39 is 0 Å². The number of rotatable bonds is 3. The van der Waals surface area contributed by atoms with Crippen LogP contribution in [0.25, 0.3) is 0 Å². The maximum Gasteiger partial charge on any atom is 0.0946 e. The predicted octanol–water partition coefficient (Wildman–Crippen LogP) is 3.75. The first-order valence-corrected chi connectivity index (χ1v) is 5.52. The van der Waals surface area contributed by atoms with Gasteiger partial charge in [0.25, 0.3) is 0 Å². The summed E-state index contributed by atoms with van der Waals surface area (Å²) >= 11 is 0. The summed E-state index contributed by atoms with van der Waals surface area (Å²) < 4.78 is 5.43. The molecule has 1 heteroatoms. The third kappa shape index (κ3) is 3.06. The summed E-state index contributed by atoms with van der Waals surface area (Å²) in [4.78, 5) is 0. The molecule has 1 saturated carbocycles. The first-order chi connectivity index (χ1) is 6.27. The number of ether oxygens (including phenoxy) is 1. The van der Waals surface area contributed by atoms with Gasteiger partial charge < -0.3 is 4.74 Å². The van der Waals surface area contributed by atoms with Gasteiger partial charge in [0.05, 0.1) is 12.9 Å². The van der Waals surface area contributed by atoms with E-state index in [1.807, 2.05) is 0 Å². The summed E-state index contributed by atoms with van der Waals surface area (Å²) in [5.74, 6) is 2.87. The van der Waals surface area contributed by atoms with Gasteiger partial charge >= 0.3 is 0 Å². The SMILES string of the molecule is CC/C=C(\OC)C1CCC(C)CC1. The van der Waals surface area contributed by atoms with Crippen LogP contribution in [0.1, 0.15) is 46.0 Å². The molecule has 0 bridgehead atoms. The second-order valence-electron chi connectivity index (χ2n) is 4.18. The lowest BCUT2D eigenvalue weighted by Gasteiger charge is -2.27. The molecule has 0 N–H and O–H groups in total. The fourth-order valence-electron chi connectivity index (χ4n) is 2.16. The molecule has 0 atom stereocenters. The highest BCUT2D eigenvalue weighted by atomic mass is 16.5. The molecule has 0 aromatic rings. The van der Waals surface area contributed by atoms with Crippen molar-refractivity contribution in [1.29, 1.82) is 0 Å². The zero-order chi connectivity index (χ0) is 9.68. The molecular weight excluding hydrogens is 160 g/mol. The fourth-order valence-corrected chi connectivity index (χ4v) is 2.16. The summed E-state index contributed by atoms with van der Waals surface area (Å²) in [6.45, 7) is 4.52. The van der Waals surface area contributed by atoms with Gasteiger partial charge in [-0.2, -0.15) is 0 Å². The molecule has 1 fully saturated rings. The van der Waals surface area contributed by atoms with Gasteiger partial charge in [-0.15, -0.1) is 0 Å². The lowest BCUT2D eigenvalue weighted by Crippen LogP contribution is -2.15. The highest BCUT2D eigenvalue weighted by Crippen LogP contribution is 2.33. The molecule has 0 spiro atoms. The van der Waals surface area contributed by atoms with E-state index >= 15 is 0 Å². The van der Waals surface area contributed by atoms with Crippen LogP contribution in [0.15, 0.2) is 11.8 Å². The van der Waals surface area contributed by atoms with Crippen LogP contribution in [0.4, 0.5) is 0 Å². The minimum atomic E-state index is 0.709. The van der Waals surface area contributed by atoms with E-state index in [0.717, 1.165) is 12.3 Å². The smallest absolute Gasteiger partial charge is 0.0946 e. The second kappa shape index (κ2) is 5.31.